The van der Waals surface area contributed by atoms with Crippen LogP contribution in [0, 0.1) is 0 Å². The van der Waals surface area contributed by atoms with Gasteiger partial charge in [0.05, 0.1) is 17.8 Å². The third kappa shape index (κ3) is 2.79. The van der Waals surface area contributed by atoms with Crippen LogP contribution < -0.4 is 4.74 Å². The van der Waals surface area contributed by atoms with Crippen LogP contribution in [0.25, 0.3) is 0 Å². The Morgan fingerprint density at radius 2 is 2.16 bits per heavy atom. The number of nitrogens with zero attached hydrogens (tertiary/aromatic N) is 1. The van der Waals surface area contributed by atoms with Crippen LogP contribution in [0.4, 0.5) is 0 Å². The lowest BCUT2D eigenvalue weighted by Gasteiger charge is -2.05. The third-order valence-corrected chi connectivity index (χ3v) is 5.02. The van der Waals surface area contributed by atoms with Gasteiger partial charge in [0.25, 0.3) is 0 Å². The number of thiazole rings is 1. The van der Waals surface area contributed by atoms with Gasteiger partial charge in [-0.05, 0) is 18.9 Å². The zero-order chi connectivity index (χ0) is 13.2. The highest BCUT2D eigenvalue weighted by molar-refractivity contribution is 7.79. The van der Waals surface area contributed by atoms with Gasteiger partial charge in [0, 0.05) is 28.5 Å². The molecule has 4 heteroatoms. The maximum atomic E-state index is 5.40. The first-order chi connectivity index (χ1) is 9.31. The highest BCUT2D eigenvalue weighted by atomic mass is 32.1. The molecule has 0 amide bonds. The number of ether oxygens (including phenoxy) is 1. The fourth-order valence-corrected chi connectivity index (χ4v) is 3.68. The quantitative estimate of drug-likeness (QED) is 0.840. The molecule has 1 fully saturated rings. The van der Waals surface area contributed by atoms with Gasteiger partial charge in [-0.2, -0.15) is 12.6 Å². The summed E-state index contributed by atoms with van der Waals surface area (Å²) in [5.41, 5.74) is 2.50. The minimum absolute atomic E-state index is 0.699. The topological polar surface area (TPSA) is 22.1 Å². The summed E-state index contributed by atoms with van der Waals surface area (Å²) in [7, 11) is 1.72. The van der Waals surface area contributed by atoms with Gasteiger partial charge in [-0.3, -0.25) is 0 Å². The lowest BCUT2D eigenvalue weighted by molar-refractivity contribution is 0.410. The smallest absolute Gasteiger partial charge is 0.122 e. The Morgan fingerprint density at radius 3 is 2.84 bits per heavy atom. The average Bonchev–Trinajstić information content (AvgIpc) is 3.21. The van der Waals surface area contributed by atoms with E-state index >= 15 is 0 Å². The molecular formula is C15H17NOS2. The number of benzene rings is 1. The zero-order valence-electron chi connectivity index (χ0n) is 10.9. The fourth-order valence-electron chi connectivity index (χ4n) is 2.29. The number of thiol groups is 1. The minimum Gasteiger partial charge on any atom is -0.496 e. The Morgan fingerprint density at radius 1 is 1.37 bits per heavy atom. The monoisotopic (exact) mass is 291 g/mol. The number of hydrogen-bond donors (Lipinski definition) is 1. The minimum atomic E-state index is 0.699. The summed E-state index contributed by atoms with van der Waals surface area (Å²) in [6.07, 6.45) is 3.43. The van der Waals surface area contributed by atoms with Gasteiger partial charge in [-0.1, -0.05) is 18.2 Å². The first kappa shape index (κ1) is 13.0. The molecular weight excluding hydrogens is 274 g/mol. The zero-order valence-corrected chi connectivity index (χ0v) is 12.6. The molecule has 0 radical (unpaired) electrons. The molecule has 1 aliphatic rings. The fraction of sp³-hybridized carbons (Fsp3) is 0.400. The van der Waals surface area contributed by atoms with Gasteiger partial charge < -0.3 is 4.74 Å². The second kappa shape index (κ2) is 5.55. The maximum Gasteiger partial charge on any atom is 0.122 e. The van der Waals surface area contributed by atoms with Gasteiger partial charge in [-0.25, -0.2) is 4.98 Å². The summed E-state index contributed by atoms with van der Waals surface area (Å²) >= 11 is 6.22. The van der Waals surface area contributed by atoms with Gasteiger partial charge in [0.2, 0.25) is 0 Å². The highest BCUT2D eigenvalue weighted by Crippen LogP contribution is 2.43. The van der Waals surface area contributed by atoms with E-state index < -0.39 is 0 Å². The summed E-state index contributed by atoms with van der Waals surface area (Å²) < 4.78 is 5.40. The van der Waals surface area contributed by atoms with Crippen molar-refractivity contribution in [2.45, 2.75) is 30.9 Å². The summed E-state index contributed by atoms with van der Waals surface area (Å²) in [5.74, 6) is 2.44. The molecule has 0 bridgehead atoms. The van der Waals surface area contributed by atoms with Gasteiger partial charge in [0.15, 0.2) is 0 Å². The molecule has 2 aromatic rings. The Kier molecular flexibility index (Phi) is 3.80. The summed E-state index contributed by atoms with van der Waals surface area (Å²) in [6.45, 7) is 0. The van der Waals surface area contributed by atoms with E-state index in [1.54, 1.807) is 18.4 Å². The number of para-hydroxylation sites is 1. The standard InChI is InChI=1S/C15H17NOS2/c1-17-12-5-3-2-4-11(12)8-14-16-15(10-6-7-10)13(9-18)19-14/h2-5,10,18H,6-9H2,1H3. The Labute approximate surface area is 123 Å². The van der Waals surface area contributed by atoms with Crippen molar-refractivity contribution in [2.24, 2.45) is 0 Å². The average molecular weight is 291 g/mol. The number of aromatic nitrogens is 1. The summed E-state index contributed by atoms with van der Waals surface area (Å²) in [5, 5.41) is 1.18. The van der Waals surface area contributed by atoms with Crippen molar-refractivity contribution in [3.8, 4) is 5.75 Å². The van der Waals surface area contributed by atoms with Crippen LogP contribution >= 0.6 is 24.0 Å². The van der Waals surface area contributed by atoms with E-state index in [9.17, 15) is 0 Å². The Hall–Kier alpha value is -1.000. The summed E-state index contributed by atoms with van der Waals surface area (Å²) in [6, 6.07) is 8.16. The van der Waals surface area contributed by atoms with Crippen LogP contribution in [0.5, 0.6) is 5.75 Å². The van der Waals surface area contributed by atoms with Gasteiger partial charge >= 0.3 is 0 Å². The molecule has 1 saturated carbocycles. The molecule has 1 aromatic heterocycles. The van der Waals surface area contributed by atoms with Crippen molar-refractivity contribution in [2.75, 3.05) is 7.11 Å². The predicted octanol–water partition coefficient (Wildman–Crippen LogP) is 4.05. The van der Waals surface area contributed by atoms with Crippen LogP contribution in [0.3, 0.4) is 0 Å². The molecule has 0 saturated heterocycles. The van der Waals surface area contributed by atoms with Crippen LogP contribution in [-0.4, -0.2) is 12.1 Å². The van der Waals surface area contributed by atoms with Crippen molar-refractivity contribution in [3.63, 3.8) is 0 Å². The lowest BCUT2D eigenvalue weighted by Crippen LogP contribution is -1.93. The number of methoxy groups -OCH3 is 1. The lowest BCUT2D eigenvalue weighted by atomic mass is 10.1. The maximum absolute atomic E-state index is 5.40. The molecule has 1 aromatic carbocycles. The predicted molar refractivity (Wildman–Crippen MR) is 82.6 cm³/mol. The second-order valence-corrected chi connectivity index (χ2v) is 6.32. The number of hydrogen-bond acceptors (Lipinski definition) is 4. The van der Waals surface area contributed by atoms with E-state index in [-0.39, 0.29) is 0 Å². The molecule has 19 heavy (non-hydrogen) atoms. The van der Waals surface area contributed by atoms with Crippen LogP contribution in [-0.2, 0) is 12.2 Å². The van der Waals surface area contributed by atoms with Crippen LogP contribution in [0.15, 0.2) is 24.3 Å². The van der Waals surface area contributed by atoms with E-state index in [1.807, 2.05) is 18.2 Å². The molecule has 0 unspecified atom stereocenters. The SMILES string of the molecule is COc1ccccc1Cc1nc(C2CC2)c(CS)s1. The van der Waals surface area contributed by atoms with Gasteiger partial charge in [0.1, 0.15) is 5.75 Å². The van der Waals surface area contributed by atoms with E-state index in [4.69, 9.17) is 9.72 Å². The van der Waals surface area contributed by atoms with Crippen molar-refractivity contribution >= 4 is 24.0 Å². The van der Waals surface area contributed by atoms with Crippen LogP contribution in [0.2, 0.25) is 0 Å². The molecule has 0 spiro atoms. The van der Waals surface area contributed by atoms with Crippen molar-refractivity contribution in [3.05, 3.63) is 45.4 Å². The van der Waals surface area contributed by atoms with Gasteiger partial charge in [-0.15, -0.1) is 11.3 Å². The van der Waals surface area contributed by atoms with E-state index in [2.05, 4.69) is 18.7 Å². The van der Waals surface area contributed by atoms with E-state index in [1.165, 1.54) is 34.0 Å². The van der Waals surface area contributed by atoms with Crippen LogP contribution in [0.1, 0.15) is 39.9 Å². The Balaban J connectivity index is 1.86. The first-order valence-electron chi connectivity index (χ1n) is 6.53. The molecule has 0 N–H and O–H groups in total. The van der Waals surface area contributed by atoms with E-state index in [0.29, 0.717) is 5.92 Å². The largest absolute Gasteiger partial charge is 0.496 e. The summed E-state index contributed by atoms with van der Waals surface area (Å²) in [4.78, 5) is 6.17. The van der Waals surface area contributed by atoms with Crippen molar-refractivity contribution in [1.29, 1.82) is 0 Å². The van der Waals surface area contributed by atoms with Crippen molar-refractivity contribution in [1.82, 2.24) is 4.98 Å². The van der Waals surface area contributed by atoms with Crippen molar-refractivity contribution < 1.29 is 4.74 Å². The molecule has 0 atom stereocenters. The molecule has 2 nitrogen and oxygen atoms in total. The molecule has 0 aliphatic heterocycles. The third-order valence-electron chi connectivity index (χ3n) is 3.41. The molecule has 3 rings (SSSR count). The molecule has 100 valence electrons. The number of rotatable bonds is 5. The van der Waals surface area contributed by atoms with E-state index in [0.717, 1.165) is 17.9 Å². The normalized spacial score (nSPS) is 14.6. The molecule has 1 heterocycles. The Bertz CT molecular complexity index is 575. The molecule has 1 aliphatic carbocycles. The highest BCUT2D eigenvalue weighted by Gasteiger charge is 2.29. The first-order valence-corrected chi connectivity index (χ1v) is 7.98. The second-order valence-electron chi connectivity index (χ2n) is 4.84.